The molecule has 2 bridgehead atoms. The second-order valence-corrected chi connectivity index (χ2v) is 12.1. The molecule has 11 nitrogen and oxygen atoms in total. The lowest BCUT2D eigenvalue weighted by Crippen LogP contribution is -2.58. The van der Waals surface area contributed by atoms with Crippen LogP contribution in [0.3, 0.4) is 0 Å². The van der Waals surface area contributed by atoms with Gasteiger partial charge in [0.1, 0.15) is 17.3 Å². The second-order valence-electron chi connectivity index (χ2n) is 12.1. The van der Waals surface area contributed by atoms with Crippen LogP contribution in [0.1, 0.15) is 50.6 Å². The molecular formula is C33H31F2N9O2. The normalized spacial score (nSPS) is 17.5. The van der Waals surface area contributed by atoms with Crippen LogP contribution in [0, 0.1) is 11.6 Å². The van der Waals surface area contributed by atoms with Crippen LogP contribution >= 0.6 is 0 Å². The van der Waals surface area contributed by atoms with Gasteiger partial charge in [0.05, 0.1) is 39.9 Å². The lowest BCUT2D eigenvalue weighted by Gasteiger charge is -2.44. The van der Waals surface area contributed by atoms with Crippen LogP contribution in [0.2, 0.25) is 0 Å². The molecule has 6 heterocycles. The first kappa shape index (κ1) is 29.4. The van der Waals surface area contributed by atoms with Crippen LogP contribution in [-0.2, 0) is 11.2 Å². The molecule has 0 saturated carbocycles. The Labute approximate surface area is 262 Å². The van der Waals surface area contributed by atoms with Crippen molar-refractivity contribution in [3.05, 3.63) is 94.5 Å². The van der Waals surface area contributed by atoms with Crippen molar-refractivity contribution in [1.29, 1.82) is 0 Å². The molecule has 2 atom stereocenters. The SMILES string of the molecule is C=CC(=O)N1C[C@H](C)N(c2nc(=O)n3c4nc(c(F)cc24)-c2c(F)cccc2-n2nncc2Cc2ccnc(C(C)C)c2-3)C[C@H]1C. The lowest BCUT2D eigenvalue weighted by atomic mass is 10.0. The highest BCUT2D eigenvalue weighted by Gasteiger charge is 2.35. The zero-order chi connectivity index (χ0) is 32.4. The van der Waals surface area contributed by atoms with Gasteiger partial charge in [0.15, 0.2) is 11.5 Å². The third-order valence-corrected chi connectivity index (χ3v) is 8.77. The molecule has 0 unspecified atom stereocenters. The second kappa shape index (κ2) is 10.9. The molecule has 1 fully saturated rings. The van der Waals surface area contributed by atoms with Gasteiger partial charge in [-0.3, -0.25) is 9.78 Å². The highest BCUT2D eigenvalue weighted by Crippen LogP contribution is 2.37. The Morgan fingerprint density at radius 1 is 1.09 bits per heavy atom. The molecule has 0 spiro atoms. The predicted molar refractivity (Wildman–Crippen MR) is 168 cm³/mol. The van der Waals surface area contributed by atoms with Crippen molar-refractivity contribution in [2.75, 3.05) is 18.0 Å². The number of piperazine rings is 1. The fourth-order valence-electron chi connectivity index (χ4n) is 6.58. The Bertz CT molecular complexity index is 2120. The van der Waals surface area contributed by atoms with Crippen LogP contribution in [0.15, 0.2) is 60.2 Å². The number of fused-ring (bicyclic) bond motifs is 7. The number of halogens is 2. The third kappa shape index (κ3) is 4.48. The average Bonchev–Trinajstić information content (AvgIpc) is 3.48. The first-order chi connectivity index (χ1) is 22.1. The summed E-state index contributed by atoms with van der Waals surface area (Å²) >= 11 is 0. The van der Waals surface area contributed by atoms with Gasteiger partial charge in [-0.1, -0.05) is 31.7 Å². The van der Waals surface area contributed by atoms with Crippen molar-refractivity contribution < 1.29 is 13.6 Å². The van der Waals surface area contributed by atoms with Gasteiger partial charge in [0.25, 0.3) is 0 Å². The number of aromatic nitrogens is 7. The highest BCUT2D eigenvalue weighted by atomic mass is 19.1. The molecule has 0 aliphatic carbocycles. The Morgan fingerprint density at radius 3 is 2.65 bits per heavy atom. The van der Waals surface area contributed by atoms with Crippen molar-refractivity contribution in [3.63, 3.8) is 0 Å². The topological polar surface area (TPSA) is 115 Å². The molecule has 1 aromatic carbocycles. The van der Waals surface area contributed by atoms with E-state index in [1.54, 1.807) is 29.4 Å². The Hall–Kier alpha value is -5.33. The summed E-state index contributed by atoms with van der Waals surface area (Å²) in [5, 5.41) is 8.58. The van der Waals surface area contributed by atoms with Gasteiger partial charge in [-0.25, -0.2) is 27.8 Å². The minimum Gasteiger partial charge on any atom is -0.349 e. The van der Waals surface area contributed by atoms with E-state index in [1.807, 2.05) is 32.6 Å². The van der Waals surface area contributed by atoms with E-state index >= 15 is 8.78 Å². The number of pyridine rings is 2. The minimum absolute atomic E-state index is 0.110. The summed E-state index contributed by atoms with van der Waals surface area (Å²) in [4.78, 5) is 44.4. The summed E-state index contributed by atoms with van der Waals surface area (Å²) in [5.74, 6) is -1.59. The van der Waals surface area contributed by atoms with Crippen molar-refractivity contribution in [3.8, 4) is 22.6 Å². The Balaban J connectivity index is 1.59. The van der Waals surface area contributed by atoms with Gasteiger partial charge in [-0.2, -0.15) is 4.98 Å². The molecule has 2 aliphatic heterocycles. The minimum atomic E-state index is -0.801. The van der Waals surface area contributed by atoms with Crippen molar-refractivity contribution >= 4 is 22.8 Å². The molecular weight excluding hydrogens is 592 g/mol. The number of rotatable bonds is 3. The van der Waals surface area contributed by atoms with E-state index in [4.69, 9.17) is 4.98 Å². The standard InChI is InChI=1S/C33H31F2N9O2/c1-6-26(45)41-15-19(5)42(16-18(41)4)31-22-13-24(35)29-27-23(34)8-7-9-25(27)44-21(14-37-40-44)12-20-10-11-36-28(17(2)3)30(20)43(32(22)38-29)33(46)39-31/h6-11,13-14,17-19H,1,12,15-16H2,2-5H3/t18-,19+/m1/s1. The molecule has 4 aromatic heterocycles. The zero-order valence-corrected chi connectivity index (χ0v) is 25.8. The van der Waals surface area contributed by atoms with Crippen LogP contribution in [-0.4, -0.2) is 70.5 Å². The average molecular weight is 624 g/mol. The zero-order valence-electron chi connectivity index (χ0n) is 25.8. The number of carbonyl (C=O) groups is 1. The molecule has 0 N–H and O–H groups in total. The first-order valence-corrected chi connectivity index (χ1v) is 15.1. The van der Waals surface area contributed by atoms with E-state index in [2.05, 4.69) is 26.9 Å². The molecule has 7 rings (SSSR count). The molecule has 2 aliphatic rings. The van der Waals surface area contributed by atoms with E-state index in [1.165, 1.54) is 33.5 Å². The van der Waals surface area contributed by atoms with E-state index in [9.17, 15) is 9.59 Å². The summed E-state index contributed by atoms with van der Waals surface area (Å²) < 4.78 is 35.0. The number of amides is 1. The number of hydrogen-bond donors (Lipinski definition) is 0. The van der Waals surface area contributed by atoms with Crippen LogP contribution < -0.4 is 10.6 Å². The van der Waals surface area contributed by atoms with E-state index in [0.717, 1.165) is 0 Å². The smallest absolute Gasteiger partial charge is 0.349 e. The van der Waals surface area contributed by atoms with Crippen LogP contribution in [0.5, 0.6) is 0 Å². The highest BCUT2D eigenvalue weighted by molar-refractivity contribution is 5.92. The molecule has 0 radical (unpaired) electrons. The maximum Gasteiger partial charge on any atom is 0.355 e. The van der Waals surface area contributed by atoms with Gasteiger partial charge < -0.3 is 9.80 Å². The Kier molecular flexibility index (Phi) is 6.98. The van der Waals surface area contributed by atoms with Crippen LogP contribution in [0.25, 0.3) is 33.7 Å². The lowest BCUT2D eigenvalue weighted by molar-refractivity contribution is -0.128. The first-order valence-electron chi connectivity index (χ1n) is 15.1. The van der Waals surface area contributed by atoms with E-state index < -0.39 is 17.3 Å². The predicted octanol–water partition coefficient (Wildman–Crippen LogP) is 4.34. The number of hydrogen-bond acceptors (Lipinski definition) is 8. The molecule has 5 aromatic rings. The van der Waals surface area contributed by atoms with Crippen LogP contribution in [0.4, 0.5) is 14.6 Å². The largest absolute Gasteiger partial charge is 0.355 e. The molecule has 234 valence electrons. The third-order valence-electron chi connectivity index (χ3n) is 8.77. The maximum atomic E-state index is 16.4. The molecule has 1 amide bonds. The number of carbonyl (C=O) groups excluding carboxylic acids is 1. The monoisotopic (exact) mass is 623 g/mol. The number of benzene rings is 1. The van der Waals surface area contributed by atoms with Gasteiger partial charge in [-0.15, -0.1) is 5.10 Å². The Morgan fingerprint density at radius 2 is 1.89 bits per heavy atom. The van der Waals surface area contributed by atoms with E-state index in [0.29, 0.717) is 35.7 Å². The van der Waals surface area contributed by atoms with Crippen molar-refractivity contribution in [2.45, 2.75) is 52.1 Å². The fraction of sp³-hybridized carbons (Fsp3) is 0.303. The summed E-state index contributed by atoms with van der Waals surface area (Å²) in [6.45, 7) is 12.0. The maximum absolute atomic E-state index is 16.4. The van der Waals surface area contributed by atoms with E-state index in [-0.39, 0.29) is 64.1 Å². The summed E-state index contributed by atoms with van der Waals surface area (Å²) in [5.41, 5.74) is 1.72. The molecule has 13 heteroatoms. The quantitative estimate of drug-likeness (QED) is 0.268. The number of nitrogens with zero attached hydrogens (tertiary/aromatic N) is 9. The fourth-order valence-corrected chi connectivity index (χ4v) is 6.58. The van der Waals surface area contributed by atoms with Gasteiger partial charge in [-0.05, 0) is 55.7 Å². The van der Waals surface area contributed by atoms with Gasteiger partial charge >= 0.3 is 5.69 Å². The van der Waals surface area contributed by atoms with Gasteiger partial charge in [0, 0.05) is 37.8 Å². The summed E-state index contributed by atoms with van der Waals surface area (Å²) in [6.07, 6.45) is 4.76. The van der Waals surface area contributed by atoms with Crippen molar-refractivity contribution in [1.82, 2.24) is 39.4 Å². The summed E-state index contributed by atoms with van der Waals surface area (Å²) in [6, 6.07) is 6.92. The molecule has 46 heavy (non-hydrogen) atoms. The summed E-state index contributed by atoms with van der Waals surface area (Å²) in [7, 11) is 0. The van der Waals surface area contributed by atoms with Crippen molar-refractivity contribution in [2.24, 2.45) is 0 Å². The molecule has 1 saturated heterocycles. The van der Waals surface area contributed by atoms with Gasteiger partial charge in [0.2, 0.25) is 5.91 Å². The number of anilines is 1.